The van der Waals surface area contributed by atoms with E-state index in [1.165, 1.54) is 42.5 Å². The van der Waals surface area contributed by atoms with Gasteiger partial charge in [0.25, 0.3) is 5.91 Å². The van der Waals surface area contributed by atoms with Crippen LogP contribution >= 0.6 is 23.2 Å². The fourth-order valence-corrected chi connectivity index (χ4v) is 2.98. The van der Waals surface area contributed by atoms with Gasteiger partial charge in [-0.25, -0.2) is 18.4 Å². The minimum absolute atomic E-state index is 0.0262. The Morgan fingerprint density at radius 3 is 2.15 bits per heavy atom. The predicted molar refractivity (Wildman–Crippen MR) is 96.4 cm³/mol. The Hall–Kier alpha value is -2.13. The molecule has 2 aromatic rings. The maximum absolute atomic E-state index is 11.9. The maximum Gasteiger partial charge on any atom is 0.338 e. The van der Waals surface area contributed by atoms with Crippen molar-refractivity contribution in [2.75, 3.05) is 6.61 Å². The summed E-state index contributed by atoms with van der Waals surface area (Å²) in [6.07, 6.45) is 0. The largest absolute Gasteiger partial charge is 0.452 e. The van der Waals surface area contributed by atoms with Crippen LogP contribution in [-0.4, -0.2) is 26.9 Å². The number of esters is 1. The first-order valence-corrected chi connectivity index (χ1v) is 9.47. The van der Waals surface area contributed by atoms with Gasteiger partial charge in [-0.15, -0.1) is 0 Å². The van der Waals surface area contributed by atoms with Crippen LogP contribution < -0.4 is 10.5 Å². The molecule has 0 aliphatic carbocycles. The third-order valence-electron chi connectivity index (χ3n) is 3.17. The van der Waals surface area contributed by atoms with Gasteiger partial charge in [0.1, 0.15) is 0 Å². The van der Waals surface area contributed by atoms with E-state index >= 15 is 0 Å². The molecule has 0 aliphatic rings. The zero-order chi connectivity index (χ0) is 19.3. The molecule has 0 bridgehead atoms. The average molecular weight is 417 g/mol. The highest BCUT2D eigenvalue weighted by Crippen LogP contribution is 2.19. The normalized spacial score (nSPS) is 11.0. The summed E-state index contributed by atoms with van der Waals surface area (Å²) < 4.78 is 27.2. The molecule has 3 N–H and O–H groups in total. The molecule has 26 heavy (non-hydrogen) atoms. The topological polar surface area (TPSA) is 116 Å². The lowest BCUT2D eigenvalue weighted by atomic mass is 10.2. The Bertz CT molecular complexity index is 910. The molecular weight excluding hydrogens is 403 g/mol. The molecule has 0 radical (unpaired) electrons. The Morgan fingerprint density at radius 1 is 1.04 bits per heavy atom. The van der Waals surface area contributed by atoms with Gasteiger partial charge in [-0.3, -0.25) is 4.79 Å². The van der Waals surface area contributed by atoms with E-state index in [4.69, 9.17) is 33.1 Å². The zero-order valence-electron chi connectivity index (χ0n) is 13.2. The molecule has 0 atom stereocenters. The Morgan fingerprint density at radius 2 is 1.62 bits per heavy atom. The van der Waals surface area contributed by atoms with E-state index < -0.39 is 28.5 Å². The fourth-order valence-electron chi connectivity index (χ4n) is 1.93. The summed E-state index contributed by atoms with van der Waals surface area (Å²) in [4.78, 5) is 23.6. The third-order valence-corrected chi connectivity index (χ3v) is 4.54. The van der Waals surface area contributed by atoms with Gasteiger partial charge < -0.3 is 10.1 Å². The number of halogens is 2. The second-order valence-corrected chi connectivity index (χ2v) is 7.63. The smallest absolute Gasteiger partial charge is 0.338 e. The molecule has 2 aromatic carbocycles. The van der Waals surface area contributed by atoms with E-state index in [0.717, 1.165) is 0 Å². The van der Waals surface area contributed by atoms with Gasteiger partial charge >= 0.3 is 5.97 Å². The van der Waals surface area contributed by atoms with E-state index in [0.29, 0.717) is 5.56 Å². The number of ether oxygens (including phenoxy) is 1. The molecule has 0 spiro atoms. The first-order valence-electron chi connectivity index (χ1n) is 7.17. The van der Waals surface area contributed by atoms with Gasteiger partial charge in [0.15, 0.2) is 6.61 Å². The highest BCUT2D eigenvalue weighted by Gasteiger charge is 2.12. The number of benzene rings is 2. The van der Waals surface area contributed by atoms with E-state index in [1.807, 2.05) is 0 Å². The summed E-state index contributed by atoms with van der Waals surface area (Å²) in [5.74, 6) is -1.26. The first-order chi connectivity index (χ1) is 12.1. The van der Waals surface area contributed by atoms with Crippen LogP contribution in [0.1, 0.15) is 15.9 Å². The van der Waals surface area contributed by atoms with Crippen molar-refractivity contribution in [2.45, 2.75) is 11.4 Å². The third kappa shape index (κ3) is 5.99. The Labute approximate surface area is 160 Å². The number of hydrogen-bond acceptors (Lipinski definition) is 5. The Kier molecular flexibility index (Phi) is 6.60. The lowest BCUT2D eigenvalue weighted by molar-refractivity contribution is -0.124. The van der Waals surface area contributed by atoms with Crippen LogP contribution in [0.15, 0.2) is 47.4 Å². The molecule has 0 aliphatic heterocycles. The van der Waals surface area contributed by atoms with Crippen LogP contribution in [0.3, 0.4) is 0 Å². The molecule has 10 heteroatoms. The summed E-state index contributed by atoms with van der Waals surface area (Å²) >= 11 is 11.6. The summed E-state index contributed by atoms with van der Waals surface area (Å²) in [6.45, 7) is -0.359. The van der Waals surface area contributed by atoms with Gasteiger partial charge in [-0.05, 0) is 35.9 Å². The molecule has 0 fully saturated rings. The van der Waals surface area contributed by atoms with Gasteiger partial charge in [0, 0.05) is 16.6 Å². The highest BCUT2D eigenvalue weighted by atomic mass is 35.5. The van der Waals surface area contributed by atoms with Crippen molar-refractivity contribution < 1.29 is 22.7 Å². The SMILES string of the molecule is NS(=O)(=O)c1ccc(CNC(=O)COC(=O)c2cc(Cl)cc(Cl)c2)cc1. The van der Waals surface area contributed by atoms with Crippen LogP contribution in [0.25, 0.3) is 0 Å². The summed E-state index contributed by atoms with van der Waals surface area (Å²) in [5.41, 5.74) is 0.785. The van der Waals surface area contributed by atoms with E-state index in [-0.39, 0.29) is 27.0 Å². The second kappa shape index (κ2) is 8.50. The number of rotatable bonds is 6. The number of carbonyl (C=O) groups is 2. The number of amides is 1. The molecule has 138 valence electrons. The monoisotopic (exact) mass is 416 g/mol. The molecule has 7 nitrogen and oxygen atoms in total. The number of primary sulfonamides is 1. The average Bonchev–Trinajstić information content (AvgIpc) is 2.56. The molecule has 1 amide bonds. The minimum Gasteiger partial charge on any atom is -0.452 e. The van der Waals surface area contributed by atoms with Crippen molar-refractivity contribution in [3.63, 3.8) is 0 Å². The van der Waals surface area contributed by atoms with Crippen molar-refractivity contribution in [3.8, 4) is 0 Å². The summed E-state index contributed by atoms with van der Waals surface area (Å²) in [6, 6.07) is 9.91. The van der Waals surface area contributed by atoms with Crippen LogP contribution in [0.2, 0.25) is 10.0 Å². The quantitative estimate of drug-likeness (QED) is 0.699. The molecular formula is C16H14Cl2N2O5S. The van der Waals surface area contributed by atoms with Crippen LogP contribution in [0.5, 0.6) is 0 Å². The van der Waals surface area contributed by atoms with E-state index in [1.54, 1.807) is 0 Å². The molecule has 0 saturated carbocycles. The lowest BCUT2D eigenvalue weighted by Crippen LogP contribution is -2.28. The number of hydrogen-bond donors (Lipinski definition) is 2. The van der Waals surface area contributed by atoms with Crippen molar-refractivity contribution >= 4 is 45.1 Å². The molecule has 0 saturated heterocycles. The van der Waals surface area contributed by atoms with Crippen LogP contribution in [-0.2, 0) is 26.1 Å². The second-order valence-electron chi connectivity index (χ2n) is 5.20. The van der Waals surface area contributed by atoms with E-state index in [2.05, 4.69) is 5.32 Å². The lowest BCUT2D eigenvalue weighted by Gasteiger charge is -2.08. The number of nitrogens with two attached hydrogens (primary N) is 1. The summed E-state index contributed by atoms with van der Waals surface area (Å²) in [5, 5.41) is 8.09. The summed E-state index contributed by atoms with van der Waals surface area (Å²) in [7, 11) is -3.77. The van der Waals surface area contributed by atoms with Crippen molar-refractivity contribution in [2.24, 2.45) is 5.14 Å². The van der Waals surface area contributed by atoms with Gasteiger partial charge in [0.2, 0.25) is 10.0 Å². The first kappa shape index (κ1) is 20.2. The van der Waals surface area contributed by atoms with E-state index in [9.17, 15) is 18.0 Å². The fraction of sp³-hybridized carbons (Fsp3) is 0.125. The number of sulfonamides is 1. The van der Waals surface area contributed by atoms with Crippen LogP contribution in [0, 0.1) is 0 Å². The molecule has 0 heterocycles. The number of carbonyl (C=O) groups excluding carboxylic acids is 2. The maximum atomic E-state index is 11.9. The van der Waals surface area contributed by atoms with Crippen molar-refractivity contribution in [1.29, 1.82) is 0 Å². The van der Waals surface area contributed by atoms with Gasteiger partial charge in [0.05, 0.1) is 10.5 Å². The molecule has 0 aromatic heterocycles. The molecule has 0 unspecified atom stereocenters. The van der Waals surface area contributed by atoms with Gasteiger partial charge in [-0.1, -0.05) is 35.3 Å². The number of nitrogens with one attached hydrogen (secondary N) is 1. The molecule has 2 rings (SSSR count). The predicted octanol–water partition coefficient (Wildman–Crippen LogP) is 2.11. The van der Waals surface area contributed by atoms with Gasteiger partial charge in [-0.2, -0.15) is 0 Å². The zero-order valence-corrected chi connectivity index (χ0v) is 15.6. The minimum atomic E-state index is -3.77. The Balaban J connectivity index is 1.84. The highest BCUT2D eigenvalue weighted by molar-refractivity contribution is 7.89. The standard InChI is InChI=1S/C16H14Cl2N2O5S/c17-12-5-11(6-13(18)7-12)16(22)25-9-15(21)20-8-10-1-3-14(4-2-10)26(19,23)24/h1-7H,8-9H2,(H,20,21)(H2,19,23,24). The van der Waals surface area contributed by atoms with Crippen LogP contribution in [0.4, 0.5) is 0 Å². The van der Waals surface area contributed by atoms with Crippen molar-refractivity contribution in [1.82, 2.24) is 5.32 Å². The van der Waals surface area contributed by atoms with Crippen molar-refractivity contribution in [3.05, 3.63) is 63.6 Å².